The first-order chi connectivity index (χ1) is 8.86. The molecule has 1 atom stereocenters. The second-order valence-corrected chi connectivity index (χ2v) is 5.14. The fraction of sp³-hybridized carbons (Fsp3) is 0.286. The molecule has 2 aromatic rings. The second kappa shape index (κ2) is 7.13. The summed E-state index contributed by atoms with van der Waals surface area (Å²) < 4.78 is 0. The largest absolute Gasteiger partial charge is 0.308 e. The van der Waals surface area contributed by atoms with Gasteiger partial charge in [0.25, 0.3) is 0 Å². The Kier molecular flexibility index (Phi) is 5.17. The summed E-state index contributed by atoms with van der Waals surface area (Å²) >= 11 is 1.86. The van der Waals surface area contributed by atoms with Crippen LogP contribution in [-0.4, -0.2) is 22.3 Å². The molecule has 0 saturated heterocycles. The molecule has 1 aromatic heterocycles. The molecule has 94 valence electrons. The molecule has 0 aliphatic carbocycles. The Morgan fingerprint density at radius 2 is 2.06 bits per heavy atom. The molecular weight excluding hydrogens is 242 g/mol. The lowest BCUT2D eigenvalue weighted by Crippen LogP contribution is -2.22. The van der Waals surface area contributed by atoms with Crippen LogP contribution >= 0.6 is 11.8 Å². The topological polar surface area (TPSA) is 37.8 Å². The number of rotatable bonds is 6. The van der Waals surface area contributed by atoms with Gasteiger partial charge in [-0.25, -0.2) is 0 Å². The van der Waals surface area contributed by atoms with Crippen LogP contribution in [0.5, 0.6) is 0 Å². The molecule has 2 rings (SSSR count). The molecule has 0 fully saturated rings. The molecule has 0 bridgehead atoms. The Balaban J connectivity index is 1.70. The van der Waals surface area contributed by atoms with Gasteiger partial charge in [-0.15, -0.1) is 11.8 Å². The van der Waals surface area contributed by atoms with Crippen LogP contribution in [0.2, 0.25) is 0 Å². The van der Waals surface area contributed by atoms with Crippen LogP contribution in [0.15, 0.2) is 53.8 Å². The third-order valence-corrected chi connectivity index (χ3v) is 3.61. The van der Waals surface area contributed by atoms with Gasteiger partial charge in [-0.05, 0) is 19.1 Å². The van der Waals surface area contributed by atoms with Crippen LogP contribution in [0, 0.1) is 0 Å². The molecule has 0 aliphatic heterocycles. The SMILES string of the molecule is CC(NCCSc1ccccc1)c1cnccn1. The molecule has 1 aromatic carbocycles. The van der Waals surface area contributed by atoms with Crippen LogP contribution in [-0.2, 0) is 0 Å². The first-order valence-electron chi connectivity index (χ1n) is 6.03. The zero-order chi connectivity index (χ0) is 12.6. The number of benzene rings is 1. The van der Waals surface area contributed by atoms with E-state index < -0.39 is 0 Å². The molecule has 0 aliphatic rings. The molecule has 3 nitrogen and oxygen atoms in total. The number of hydrogen-bond donors (Lipinski definition) is 1. The molecule has 18 heavy (non-hydrogen) atoms. The minimum Gasteiger partial charge on any atom is -0.308 e. The summed E-state index contributed by atoms with van der Waals surface area (Å²) in [4.78, 5) is 9.67. The summed E-state index contributed by atoms with van der Waals surface area (Å²) in [6, 6.07) is 10.7. The number of nitrogens with one attached hydrogen (secondary N) is 1. The maximum Gasteiger partial charge on any atom is 0.0753 e. The van der Waals surface area contributed by atoms with Crippen LogP contribution in [0.3, 0.4) is 0 Å². The van der Waals surface area contributed by atoms with Gasteiger partial charge >= 0.3 is 0 Å². The summed E-state index contributed by atoms with van der Waals surface area (Å²) in [5.74, 6) is 1.05. The van der Waals surface area contributed by atoms with E-state index in [0.717, 1.165) is 18.0 Å². The van der Waals surface area contributed by atoms with Crippen molar-refractivity contribution < 1.29 is 0 Å². The Hall–Kier alpha value is -1.39. The van der Waals surface area contributed by atoms with E-state index in [-0.39, 0.29) is 6.04 Å². The van der Waals surface area contributed by atoms with Crippen molar-refractivity contribution in [3.05, 3.63) is 54.6 Å². The minimum atomic E-state index is 0.245. The van der Waals surface area contributed by atoms with Gasteiger partial charge in [-0.1, -0.05) is 18.2 Å². The van der Waals surface area contributed by atoms with Gasteiger partial charge in [0.15, 0.2) is 0 Å². The maximum atomic E-state index is 4.28. The van der Waals surface area contributed by atoms with Gasteiger partial charge in [0.2, 0.25) is 0 Å². The van der Waals surface area contributed by atoms with Crippen molar-refractivity contribution in [2.75, 3.05) is 12.3 Å². The van der Waals surface area contributed by atoms with Crippen molar-refractivity contribution in [3.8, 4) is 0 Å². The van der Waals surface area contributed by atoms with Crippen molar-refractivity contribution >= 4 is 11.8 Å². The summed E-state index contributed by atoms with van der Waals surface area (Å²) in [7, 11) is 0. The van der Waals surface area contributed by atoms with E-state index >= 15 is 0 Å². The smallest absolute Gasteiger partial charge is 0.0753 e. The number of aromatic nitrogens is 2. The van der Waals surface area contributed by atoms with Crippen LogP contribution < -0.4 is 5.32 Å². The minimum absolute atomic E-state index is 0.245. The molecule has 0 saturated carbocycles. The van der Waals surface area contributed by atoms with Gasteiger partial charge in [0.05, 0.1) is 5.69 Å². The van der Waals surface area contributed by atoms with Crippen molar-refractivity contribution in [3.63, 3.8) is 0 Å². The van der Waals surface area contributed by atoms with Crippen molar-refractivity contribution in [1.82, 2.24) is 15.3 Å². The van der Waals surface area contributed by atoms with E-state index in [1.165, 1.54) is 4.90 Å². The predicted molar refractivity (Wildman–Crippen MR) is 75.6 cm³/mol. The lowest BCUT2D eigenvalue weighted by molar-refractivity contribution is 0.584. The van der Waals surface area contributed by atoms with Crippen molar-refractivity contribution in [1.29, 1.82) is 0 Å². The molecule has 4 heteroatoms. The lowest BCUT2D eigenvalue weighted by Gasteiger charge is -2.12. The second-order valence-electron chi connectivity index (χ2n) is 3.97. The van der Waals surface area contributed by atoms with Gasteiger partial charge in [-0.2, -0.15) is 0 Å². The van der Waals surface area contributed by atoms with E-state index in [1.807, 2.05) is 24.0 Å². The summed E-state index contributed by atoms with van der Waals surface area (Å²) in [5.41, 5.74) is 0.988. The Bertz CT molecular complexity index is 447. The quantitative estimate of drug-likeness (QED) is 0.639. The van der Waals surface area contributed by atoms with Crippen LogP contribution in [0.1, 0.15) is 18.7 Å². The number of thioether (sulfide) groups is 1. The zero-order valence-electron chi connectivity index (χ0n) is 10.4. The third-order valence-electron chi connectivity index (χ3n) is 2.59. The molecule has 1 heterocycles. The summed E-state index contributed by atoms with van der Waals surface area (Å²) in [5, 5.41) is 3.45. The number of nitrogens with zero attached hydrogens (tertiary/aromatic N) is 2. The highest BCUT2D eigenvalue weighted by atomic mass is 32.2. The third kappa shape index (κ3) is 4.13. The molecule has 1 unspecified atom stereocenters. The van der Waals surface area contributed by atoms with Crippen molar-refractivity contribution in [2.24, 2.45) is 0 Å². The highest BCUT2D eigenvalue weighted by molar-refractivity contribution is 7.99. The maximum absolute atomic E-state index is 4.28. The number of hydrogen-bond acceptors (Lipinski definition) is 4. The average molecular weight is 259 g/mol. The van der Waals surface area contributed by atoms with E-state index in [0.29, 0.717) is 0 Å². The highest BCUT2D eigenvalue weighted by Crippen LogP contribution is 2.16. The molecule has 0 spiro atoms. The molecule has 1 N–H and O–H groups in total. The fourth-order valence-electron chi connectivity index (χ4n) is 1.60. The Morgan fingerprint density at radius 3 is 2.78 bits per heavy atom. The average Bonchev–Trinajstić information content (AvgIpc) is 2.45. The predicted octanol–water partition coefficient (Wildman–Crippen LogP) is 2.92. The fourth-order valence-corrected chi connectivity index (χ4v) is 2.41. The standard InChI is InChI=1S/C14H17N3S/c1-12(14-11-15-7-8-17-14)16-9-10-18-13-5-3-2-4-6-13/h2-8,11-12,16H,9-10H2,1H3. The van der Waals surface area contributed by atoms with Gasteiger partial charge in [0.1, 0.15) is 0 Å². The Labute approximate surface area is 112 Å². The molecular formula is C14H17N3S. The first kappa shape index (κ1) is 13.1. The van der Waals surface area contributed by atoms with Gasteiger partial charge < -0.3 is 5.32 Å². The first-order valence-corrected chi connectivity index (χ1v) is 7.02. The Morgan fingerprint density at radius 1 is 1.22 bits per heavy atom. The van der Waals surface area contributed by atoms with Crippen LogP contribution in [0.25, 0.3) is 0 Å². The van der Waals surface area contributed by atoms with E-state index in [4.69, 9.17) is 0 Å². The zero-order valence-corrected chi connectivity index (χ0v) is 11.2. The lowest BCUT2D eigenvalue weighted by atomic mass is 10.2. The van der Waals surface area contributed by atoms with Gasteiger partial charge in [-0.3, -0.25) is 9.97 Å². The van der Waals surface area contributed by atoms with E-state index in [2.05, 4.69) is 46.5 Å². The molecule has 0 amide bonds. The van der Waals surface area contributed by atoms with E-state index in [1.54, 1.807) is 12.4 Å². The summed E-state index contributed by atoms with van der Waals surface area (Å²) in [6.07, 6.45) is 5.23. The van der Waals surface area contributed by atoms with Crippen LogP contribution in [0.4, 0.5) is 0 Å². The van der Waals surface area contributed by atoms with Crippen molar-refractivity contribution in [2.45, 2.75) is 17.9 Å². The highest BCUT2D eigenvalue weighted by Gasteiger charge is 2.04. The summed E-state index contributed by atoms with van der Waals surface area (Å²) in [6.45, 7) is 3.06. The van der Waals surface area contributed by atoms with Gasteiger partial charge in [0, 0.05) is 41.8 Å². The monoisotopic (exact) mass is 259 g/mol. The van der Waals surface area contributed by atoms with E-state index in [9.17, 15) is 0 Å². The molecule has 0 radical (unpaired) electrons. The normalized spacial score (nSPS) is 12.3.